The molecule has 0 unspecified atom stereocenters. The molecule has 0 radical (unpaired) electrons. The Hall–Kier alpha value is -1.78. The van der Waals surface area contributed by atoms with E-state index in [1.165, 1.54) is 23.4 Å². The predicted octanol–water partition coefficient (Wildman–Crippen LogP) is 6.50. The van der Waals surface area contributed by atoms with Crippen molar-refractivity contribution < 1.29 is 9.72 Å². The topological polar surface area (TPSA) is 76.3 Å². The molecule has 0 bridgehead atoms. The van der Waals surface area contributed by atoms with Gasteiger partial charge in [0, 0.05) is 36.9 Å². The summed E-state index contributed by atoms with van der Waals surface area (Å²) >= 11 is 16.0. The smallest absolute Gasteiger partial charge is 0.294 e. The molecule has 0 saturated carbocycles. The number of benzene rings is 1. The molecule has 3 aromatic rings. The van der Waals surface area contributed by atoms with Crippen LogP contribution in [-0.2, 0) is 6.54 Å². The fraction of sp³-hybridized carbons (Fsp3) is 0.158. The maximum absolute atomic E-state index is 12.9. The number of thiophene rings is 1. The molecule has 0 aliphatic rings. The minimum absolute atomic E-state index is 0.157. The van der Waals surface area contributed by atoms with E-state index in [1.54, 1.807) is 18.8 Å². The molecular weight excluding hydrogens is 485 g/mol. The van der Waals surface area contributed by atoms with Crippen LogP contribution in [0.5, 0.6) is 0 Å². The number of pyridine rings is 1. The van der Waals surface area contributed by atoms with Crippen molar-refractivity contribution in [3.63, 3.8) is 0 Å². The average Bonchev–Trinajstić information content (AvgIpc) is 3.14. The summed E-state index contributed by atoms with van der Waals surface area (Å²) < 4.78 is 0.330. The van der Waals surface area contributed by atoms with Crippen molar-refractivity contribution in [3.8, 4) is 0 Å². The Morgan fingerprint density at radius 2 is 1.97 bits per heavy atom. The van der Waals surface area contributed by atoms with Crippen molar-refractivity contribution >= 4 is 69.7 Å². The zero-order valence-corrected chi connectivity index (χ0v) is 19.8. The first kappa shape index (κ1) is 22.9. The van der Waals surface area contributed by atoms with Gasteiger partial charge < -0.3 is 4.90 Å². The minimum Gasteiger partial charge on any atom is -0.337 e. The average molecular weight is 500 g/mol. The molecule has 0 spiro atoms. The first-order valence-electron chi connectivity index (χ1n) is 8.43. The number of carbonyl (C=O) groups is 1. The van der Waals surface area contributed by atoms with Gasteiger partial charge in [-0.1, -0.05) is 47.1 Å². The summed E-state index contributed by atoms with van der Waals surface area (Å²) in [7, 11) is 1.67. The Balaban J connectivity index is 1.86. The fourth-order valence-electron chi connectivity index (χ4n) is 2.56. The van der Waals surface area contributed by atoms with Crippen LogP contribution in [0.25, 0.3) is 0 Å². The van der Waals surface area contributed by atoms with E-state index in [4.69, 9.17) is 23.2 Å². The van der Waals surface area contributed by atoms with E-state index in [2.05, 4.69) is 4.98 Å². The van der Waals surface area contributed by atoms with Gasteiger partial charge in [0.2, 0.25) is 0 Å². The van der Waals surface area contributed by atoms with Crippen LogP contribution >= 0.6 is 58.1 Å². The van der Waals surface area contributed by atoms with Crippen LogP contribution in [0, 0.1) is 10.1 Å². The molecular formula is C19H15Cl2N3O3S3. The van der Waals surface area contributed by atoms with Gasteiger partial charge in [-0.15, -0.1) is 23.1 Å². The summed E-state index contributed by atoms with van der Waals surface area (Å²) in [6, 6.07) is 9.19. The second-order valence-corrected chi connectivity index (χ2v) is 10.1. The van der Waals surface area contributed by atoms with Crippen LogP contribution in [0.2, 0.25) is 10.0 Å². The normalized spacial score (nSPS) is 10.8. The summed E-state index contributed by atoms with van der Waals surface area (Å²) in [5, 5.41) is 12.1. The largest absolute Gasteiger partial charge is 0.337 e. The van der Waals surface area contributed by atoms with Crippen LogP contribution in [0.4, 0.5) is 5.69 Å². The third-order valence-corrected chi connectivity index (χ3v) is 7.96. The fourth-order valence-corrected chi connectivity index (χ4v) is 5.91. The number of nitrogens with zero attached hydrogens (tertiary/aromatic N) is 3. The van der Waals surface area contributed by atoms with Crippen LogP contribution in [-0.4, -0.2) is 34.0 Å². The molecule has 156 valence electrons. The third kappa shape index (κ3) is 5.28. The second kappa shape index (κ2) is 10.0. The Morgan fingerprint density at radius 3 is 2.60 bits per heavy atom. The maximum atomic E-state index is 12.9. The number of hydrogen-bond acceptors (Lipinski definition) is 7. The highest BCUT2D eigenvalue weighted by atomic mass is 35.5. The van der Waals surface area contributed by atoms with Crippen molar-refractivity contribution in [1.82, 2.24) is 9.88 Å². The lowest BCUT2D eigenvalue weighted by molar-refractivity contribution is -0.387. The van der Waals surface area contributed by atoms with Gasteiger partial charge >= 0.3 is 0 Å². The highest BCUT2D eigenvalue weighted by molar-refractivity contribution is 8.01. The number of aromatic nitrogens is 1. The molecule has 6 nitrogen and oxygen atoms in total. The summed E-state index contributed by atoms with van der Waals surface area (Å²) in [5.74, 6) is -0.295. The number of nitro groups is 1. The zero-order valence-electron chi connectivity index (χ0n) is 15.8. The lowest BCUT2D eigenvalue weighted by atomic mass is 10.2. The van der Waals surface area contributed by atoms with Gasteiger partial charge in [-0.25, -0.2) is 0 Å². The van der Waals surface area contributed by atoms with Crippen LogP contribution in [0.3, 0.4) is 0 Å². The van der Waals surface area contributed by atoms with E-state index < -0.39 is 4.92 Å². The molecule has 1 amide bonds. The Labute approximate surface area is 195 Å². The van der Waals surface area contributed by atoms with Gasteiger partial charge in [0.25, 0.3) is 11.6 Å². The lowest BCUT2D eigenvalue weighted by Gasteiger charge is -2.16. The van der Waals surface area contributed by atoms with Gasteiger partial charge in [-0.05, 0) is 24.0 Å². The number of hydrogen-bond donors (Lipinski definition) is 0. The van der Waals surface area contributed by atoms with E-state index >= 15 is 0 Å². The molecule has 2 aromatic heterocycles. The SMILES string of the molecule is CSc1cccc(CN(C)C(=O)c2cc([N+](=O)[O-])c(Sc3c(Cl)cncc3Cl)s2)c1. The lowest BCUT2D eigenvalue weighted by Crippen LogP contribution is -2.25. The Morgan fingerprint density at radius 1 is 1.27 bits per heavy atom. The molecule has 11 heteroatoms. The third-order valence-electron chi connectivity index (χ3n) is 3.99. The van der Waals surface area contributed by atoms with E-state index in [1.807, 2.05) is 30.5 Å². The number of rotatable bonds is 7. The molecule has 0 aliphatic carbocycles. The quantitative estimate of drug-likeness (QED) is 0.209. The predicted molar refractivity (Wildman–Crippen MR) is 123 cm³/mol. The van der Waals surface area contributed by atoms with Crippen molar-refractivity contribution in [2.75, 3.05) is 13.3 Å². The minimum atomic E-state index is -0.513. The maximum Gasteiger partial charge on any atom is 0.294 e. The van der Waals surface area contributed by atoms with E-state index in [-0.39, 0.29) is 26.5 Å². The summed E-state index contributed by atoms with van der Waals surface area (Å²) in [6.07, 6.45) is 4.81. The monoisotopic (exact) mass is 499 g/mol. The summed E-state index contributed by atoms with van der Waals surface area (Å²) in [6.45, 7) is 0.392. The van der Waals surface area contributed by atoms with E-state index in [0.717, 1.165) is 33.6 Å². The molecule has 3 rings (SSSR count). The van der Waals surface area contributed by atoms with E-state index in [0.29, 0.717) is 15.6 Å². The highest BCUT2D eigenvalue weighted by Gasteiger charge is 2.26. The zero-order chi connectivity index (χ0) is 21.8. The van der Waals surface area contributed by atoms with Gasteiger partial charge in [-0.3, -0.25) is 19.9 Å². The summed E-state index contributed by atoms with van der Waals surface area (Å²) in [4.78, 5) is 31.2. The number of halogens is 2. The van der Waals surface area contributed by atoms with Crippen molar-refractivity contribution in [3.05, 3.63) is 73.3 Å². The molecule has 0 saturated heterocycles. The molecule has 0 fully saturated rings. The highest BCUT2D eigenvalue weighted by Crippen LogP contribution is 2.45. The molecule has 0 aliphatic heterocycles. The number of thioether (sulfide) groups is 1. The molecule has 0 N–H and O–H groups in total. The van der Waals surface area contributed by atoms with Gasteiger partial charge in [0.05, 0.1) is 19.9 Å². The Bertz CT molecular complexity index is 1090. The van der Waals surface area contributed by atoms with Crippen molar-refractivity contribution in [1.29, 1.82) is 0 Å². The van der Waals surface area contributed by atoms with Crippen molar-refractivity contribution in [2.24, 2.45) is 0 Å². The van der Waals surface area contributed by atoms with Crippen molar-refractivity contribution in [2.45, 2.75) is 20.5 Å². The number of amides is 1. The van der Waals surface area contributed by atoms with Gasteiger partial charge in [0.15, 0.2) is 0 Å². The Kier molecular flexibility index (Phi) is 7.65. The van der Waals surface area contributed by atoms with Gasteiger partial charge in [-0.2, -0.15) is 0 Å². The van der Waals surface area contributed by atoms with Crippen LogP contribution in [0.1, 0.15) is 15.2 Å². The number of carbonyl (C=O) groups excluding carboxylic acids is 1. The van der Waals surface area contributed by atoms with Crippen LogP contribution < -0.4 is 0 Å². The molecule has 0 atom stereocenters. The van der Waals surface area contributed by atoms with Gasteiger partial charge in [0.1, 0.15) is 9.09 Å². The second-order valence-electron chi connectivity index (χ2n) is 6.09. The molecule has 30 heavy (non-hydrogen) atoms. The summed E-state index contributed by atoms with van der Waals surface area (Å²) in [5.41, 5.74) is 0.823. The van der Waals surface area contributed by atoms with Crippen LogP contribution in [0.15, 0.2) is 56.7 Å². The van der Waals surface area contributed by atoms with E-state index in [9.17, 15) is 14.9 Å². The molecule has 1 aromatic carbocycles. The first-order chi connectivity index (χ1) is 14.3. The first-order valence-corrected chi connectivity index (χ1v) is 12.0. The molecule has 2 heterocycles. The standard InChI is InChI=1S/C19H15Cl2N3O3S3/c1-23(10-11-4-3-5-12(6-11)28-2)18(25)16-7-15(24(26)27)19(29-16)30-17-13(20)8-22-9-14(17)21/h3-9H,10H2,1-2H3.